The molecule has 0 saturated heterocycles. The third kappa shape index (κ3) is 4.02. The van der Waals surface area contributed by atoms with E-state index in [-0.39, 0.29) is 0 Å². The average molecular weight is 137 g/mol. The Bertz CT molecular complexity index is 33.9. The Labute approximate surface area is 39.4 Å². The number of hydrogen-bond donors (Lipinski definition) is 1. The fourth-order valence-electron chi connectivity index (χ4n) is 0.0398. The first kappa shape index (κ1) is 5.02. The maximum atomic E-state index is 7.86. The van der Waals surface area contributed by atoms with Crippen molar-refractivity contribution in [2.75, 3.05) is 5.33 Å². The molecule has 1 N–H and O–H groups in total. The van der Waals surface area contributed by atoms with Crippen LogP contribution in [0.15, 0.2) is 12.3 Å². The molecule has 0 aromatic heterocycles. The van der Waals surface area contributed by atoms with Gasteiger partial charge >= 0.3 is 0 Å². The second-order valence-corrected chi connectivity index (χ2v) is 1.19. The number of halogens is 1. The van der Waals surface area contributed by atoms with Crippen LogP contribution in [0.3, 0.4) is 0 Å². The molecule has 0 aromatic carbocycles. The zero-order valence-corrected chi connectivity index (χ0v) is 4.27. The van der Waals surface area contributed by atoms with E-state index >= 15 is 0 Å². The number of hydrogen-bond acceptors (Lipinski definition) is 1. The van der Waals surface area contributed by atoms with Crippen LogP contribution in [0.2, 0.25) is 0 Å². The summed E-state index contributed by atoms with van der Waals surface area (Å²) >= 11 is 3.06. The summed E-state index contributed by atoms with van der Waals surface area (Å²) in [6.45, 7) is 0. The van der Waals surface area contributed by atoms with Crippen molar-refractivity contribution in [1.29, 1.82) is 0 Å². The van der Waals surface area contributed by atoms with Gasteiger partial charge in [0.2, 0.25) is 0 Å². The van der Waals surface area contributed by atoms with Gasteiger partial charge in [0.05, 0.1) is 6.26 Å². The molecule has 0 aliphatic rings. The van der Waals surface area contributed by atoms with Crippen LogP contribution in [0.5, 0.6) is 0 Å². The van der Waals surface area contributed by atoms with Gasteiger partial charge in [-0.15, -0.1) is 0 Å². The lowest BCUT2D eigenvalue weighted by molar-refractivity contribution is 0.473. The highest BCUT2D eigenvalue weighted by Crippen LogP contribution is 1.76. The summed E-state index contributed by atoms with van der Waals surface area (Å²) in [5, 5.41) is 8.58. The van der Waals surface area contributed by atoms with Gasteiger partial charge in [-0.25, -0.2) is 0 Å². The van der Waals surface area contributed by atoms with Gasteiger partial charge in [0.15, 0.2) is 0 Å². The van der Waals surface area contributed by atoms with E-state index in [2.05, 4.69) is 15.9 Å². The van der Waals surface area contributed by atoms with Crippen LogP contribution in [0.4, 0.5) is 0 Å². The molecule has 0 atom stereocenters. The summed E-state index contributed by atoms with van der Waals surface area (Å²) in [6, 6.07) is 0. The maximum absolute atomic E-state index is 7.86. The van der Waals surface area contributed by atoms with Gasteiger partial charge in [-0.2, -0.15) is 0 Å². The minimum atomic E-state index is 0.726. The van der Waals surface area contributed by atoms with Crippen LogP contribution in [-0.2, 0) is 0 Å². The number of alkyl halides is 1. The topological polar surface area (TPSA) is 20.2 Å². The van der Waals surface area contributed by atoms with E-state index in [1.807, 2.05) is 0 Å². The van der Waals surface area contributed by atoms with Gasteiger partial charge in [-0.05, 0) is 6.08 Å². The molecule has 0 bridgehead atoms. The fraction of sp³-hybridized carbons (Fsp3) is 0.333. The summed E-state index contributed by atoms with van der Waals surface area (Å²) in [4.78, 5) is 0. The smallest absolute Gasteiger partial charge is 0.0760 e. The SMILES string of the molecule is OC=CCBr. The van der Waals surface area contributed by atoms with Crippen LogP contribution in [-0.4, -0.2) is 10.4 Å². The van der Waals surface area contributed by atoms with E-state index in [0.717, 1.165) is 11.6 Å². The lowest BCUT2D eigenvalue weighted by atomic mass is 10.7. The molecule has 0 spiro atoms. The minimum Gasteiger partial charge on any atom is -0.516 e. The molecule has 5 heavy (non-hydrogen) atoms. The standard InChI is InChI=1S/C3H5BrO/c4-2-1-3-5/h1,3,5H,2H2. The summed E-state index contributed by atoms with van der Waals surface area (Å²) in [5.41, 5.74) is 0. The molecule has 1 nitrogen and oxygen atoms in total. The molecular weight excluding hydrogens is 132 g/mol. The van der Waals surface area contributed by atoms with Gasteiger partial charge in [0, 0.05) is 5.33 Å². The Morgan fingerprint density at radius 1 is 1.80 bits per heavy atom. The van der Waals surface area contributed by atoms with Crippen LogP contribution in [0.1, 0.15) is 0 Å². The highest BCUT2D eigenvalue weighted by Gasteiger charge is 1.55. The van der Waals surface area contributed by atoms with Gasteiger partial charge in [-0.1, -0.05) is 15.9 Å². The molecule has 0 radical (unpaired) electrons. The first-order valence-electron chi connectivity index (χ1n) is 1.27. The molecule has 0 amide bonds. The zero-order chi connectivity index (χ0) is 4.12. The van der Waals surface area contributed by atoms with Crippen molar-refractivity contribution < 1.29 is 5.11 Å². The molecule has 2 heteroatoms. The minimum absolute atomic E-state index is 0.726. The molecule has 0 aromatic rings. The number of allylic oxidation sites excluding steroid dienone is 1. The molecule has 0 fully saturated rings. The van der Waals surface area contributed by atoms with Gasteiger partial charge < -0.3 is 5.11 Å². The quantitative estimate of drug-likeness (QED) is 0.428. The van der Waals surface area contributed by atoms with E-state index in [0.29, 0.717) is 0 Å². The Hall–Kier alpha value is 0.0200. The van der Waals surface area contributed by atoms with E-state index in [1.165, 1.54) is 0 Å². The lowest BCUT2D eigenvalue weighted by Crippen LogP contribution is -1.53. The van der Waals surface area contributed by atoms with Crippen LogP contribution >= 0.6 is 15.9 Å². The summed E-state index contributed by atoms with van der Waals surface area (Å²) < 4.78 is 0. The largest absolute Gasteiger partial charge is 0.516 e. The summed E-state index contributed by atoms with van der Waals surface area (Å²) in [6.07, 6.45) is 2.61. The van der Waals surface area contributed by atoms with Crippen LogP contribution < -0.4 is 0 Å². The number of aliphatic hydroxyl groups excluding tert-OH is 1. The second-order valence-electron chi connectivity index (χ2n) is 0.539. The van der Waals surface area contributed by atoms with Crippen molar-refractivity contribution in [3.05, 3.63) is 12.3 Å². The number of aliphatic hydroxyl groups is 1. The maximum Gasteiger partial charge on any atom is 0.0760 e. The van der Waals surface area contributed by atoms with Crippen molar-refractivity contribution in [2.24, 2.45) is 0 Å². The second kappa shape index (κ2) is 4.02. The van der Waals surface area contributed by atoms with Crippen molar-refractivity contribution in [3.63, 3.8) is 0 Å². The monoisotopic (exact) mass is 136 g/mol. The van der Waals surface area contributed by atoms with Crippen LogP contribution in [0.25, 0.3) is 0 Å². The lowest BCUT2D eigenvalue weighted by Gasteiger charge is -1.64. The Kier molecular flexibility index (Phi) is 4.04. The molecule has 0 rings (SSSR count). The predicted molar refractivity (Wildman–Crippen MR) is 25.6 cm³/mol. The van der Waals surface area contributed by atoms with Crippen LogP contribution in [0, 0.1) is 0 Å². The molecule has 30 valence electrons. The summed E-state index contributed by atoms with van der Waals surface area (Å²) in [7, 11) is 0. The third-order valence-electron chi connectivity index (χ3n) is 0.194. The highest BCUT2D eigenvalue weighted by atomic mass is 79.9. The Morgan fingerprint density at radius 3 is 2.40 bits per heavy atom. The Morgan fingerprint density at radius 2 is 2.40 bits per heavy atom. The first-order chi connectivity index (χ1) is 2.41. The van der Waals surface area contributed by atoms with Crippen molar-refractivity contribution in [2.45, 2.75) is 0 Å². The van der Waals surface area contributed by atoms with Crippen molar-refractivity contribution in [1.82, 2.24) is 0 Å². The average Bonchev–Trinajstić information content (AvgIpc) is 1.41. The molecule has 0 aliphatic heterocycles. The van der Waals surface area contributed by atoms with E-state index in [1.54, 1.807) is 6.08 Å². The molecule has 0 unspecified atom stereocenters. The van der Waals surface area contributed by atoms with E-state index < -0.39 is 0 Å². The van der Waals surface area contributed by atoms with E-state index in [9.17, 15) is 0 Å². The molecular formula is C3H5BrO. The normalized spacial score (nSPS) is 9.80. The number of rotatable bonds is 1. The highest BCUT2D eigenvalue weighted by molar-refractivity contribution is 9.09. The van der Waals surface area contributed by atoms with Crippen molar-refractivity contribution >= 4 is 15.9 Å². The predicted octanol–water partition coefficient (Wildman–Crippen LogP) is 1.45. The molecule has 0 heterocycles. The Balaban J connectivity index is 2.62. The van der Waals surface area contributed by atoms with Gasteiger partial charge in [-0.3, -0.25) is 0 Å². The van der Waals surface area contributed by atoms with Gasteiger partial charge in [0.25, 0.3) is 0 Å². The third-order valence-corrected chi connectivity index (χ3v) is 0.568. The molecule has 0 aliphatic carbocycles. The van der Waals surface area contributed by atoms with E-state index in [4.69, 9.17) is 5.11 Å². The zero-order valence-electron chi connectivity index (χ0n) is 2.69. The fourth-order valence-corrected chi connectivity index (χ4v) is 0.207. The summed E-state index contributed by atoms with van der Waals surface area (Å²) in [5.74, 6) is 0. The molecule has 0 saturated carbocycles. The van der Waals surface area contributed by atoms with Gasteiger partial charge in [0.1, 0.15) is 0 Å². The first-order valence-corrected chi connectivity index (χ1v) is 2.39. The van der Waals surface area contributed by atoms with Crippen molar-refractivity contribution in [3.8, 4) is 0 Å².